The van der Waals surface area contributed by atoms with E-state index < -0.39 is 0 Å². The summed E-state index contributed by atoms with van der Waals surface area (Å²) in [5, 5.41) is 2.51. The molecule has 2 aromatic heterocycles. The molecule has 0 bridgehead atoms. The van der Waals surface area contributed by atoms with Crippen molar-refractivity contribution < 1.29 is 4.79 Å². The van der Waals surface area contributed by atoms with E-state index in [0.717, 1.165) is 30.6 Å². The second-order valence-corrected chi connectivity index (χ2v) is 8.25. The van der Waals surface area contributed by atoms with Gasteiger partial charge < -0.3 is 4.90 Å². The molecule has 0 saturated carbocycles. The molecule has 1 aliphatic rings. The lowest BCUT2D eigenvalue weighted by Crippen LogP contribution is -2.39. The highest BCUT2D eigenvalue weighted by Crippen LogP contribution is 2.33. The van der Waals surface area contributed by atoms with Crippen molar-refractivity contribution in [1.82, 2.24) is 14.5 Å². The Balaban J connectivity index is 1.47. The smallest absolute Gasteiger partial charge is 0.262 e. The second-order valence-electron chi connectivity index (χ2n) is 7.35. The van der Waals surface area contributed by atoms with E-state index in [9.17, 15) is 9.59 Å². The van der Waals surface area contributed by atoms with Gasteiger partial charge in [-0.25, -0.2) is 4.98 Å². The summed E-state index contributed by atoms with van der Waals surface area (Å²) in [6.07, 6.45) is 4.99. The minimum absolute atomic E-state index is 0.0623. The van der Waals surface area contributed by atoms with E-state index in [1.54, 1.807) is 17.0 Å². The van der Waals surface area contributed by atoms with Crippen LogP contribution in [0.2, 0.25) is 0 Å². The van der Waals surface area contributed by atoms with Gasteiger partial charge in [-0.2, -0.15) is 0 Å². The van der Waals surface area contributed by atoms with E-state index >= 15 is 0 Å². The van der Waals surface area contributed by atoms with E-state index in [1.807, 2.05) is 16.3 Å². The first kappa shape index (κ1) is 18.9. The fourth-order valence-corrected chi connectivity index (χ4v) is 5.09. The Kier molecular flexibility index (Phi) is 5.57. The zero-order chi connectivity index (χ0) is 19.5. The van der Waals surface area contributed by atoms with Crippen molar-refractivity contribution in [1.29, 1.82) is 0 Å². The lowest BCUT2D eigenvalue weighted by Gasteiger charge is -2.32. The maximum atomic E-state index is 13.0. The average molecular weight is 396 g/mol. The van der Waals surface area contributed by atoms with Crippen molar-refractivity contribution in [3.8, 4) is 0 Å². The first-order valence-electron chi connectivity index (χ1n) is 9.96. The number of likely N-dealkylation sites (tertiary alicyclic amines) is 1. The Morgan fingerprint density at radius 3 is 2.89 bits per heavy atom. The van der Waals surface area contributed by atoms with Gasteiger partial charge in [0.1, 0.15) is 4.83 Å². The molecule has 0 aliphatic carbocycles. The number of amides is 1. The molecule has 0 unspecified atom stereocenters. The molecule has 4 rings (SSSR count). The van der Waals surface area contributed by atoms with Gasteiger partial charge in [0.2, 0.25) is 5.91 Å². The first-order valence-corrected chi connectivity index (χ1v) is 10.8. The number of aryl methyl sites for hydroxylation is 1. The molecule has 146 valence electrons. The molecular formula is C22H25N3O2S. The van der Waals surface area contributed by atoms with Crippen LogP contribution in [0.5, 0.6) is 0 Å². The molecular weight excluding hydrogens is 370 g/mol. The highest BCUT2D eigenvalue weighted by atomic mass is 32.1. The van der Waals surface area contributed by atoms with Gasteiger partial charge >= 0.3 is 0 Å². The van der Waals surface area contributed by atoms with Gasteiger partial charge in [-0.05, 0) is 36.3 Å². The van der Waals surface area contributed by atoms with Gasteiger partial charge in [-0.15, -0.1) is 11.3 Å². The minimum atomic E-state index is -0.0623. The summed E-state index contributed by atoms with van der Waals surface area (Å²) in [5.74, 6) is 0.494. The lowest BCUT2D eigenvalue weighted by molar-refractivity contribution is -0.132. The molecule has 0 radical (unpaired) electrons. The zero-order valence-corrected chi connectivity index (χ0v) is 16.9. The summed E-state index contributed by atoms with van der Waals surface area (Å²) < 4.78 is 1.56. The van der Waals surface area contributed by atoms with E-state index in [1.165, 1.54) is 16.9 Å². The summed E-state index contributed by atoms with van der Waals surface area (Å²) >= 11 is 1.46. The number of thiophene rings is 1. The fraction of sp³-hybridized carbons (Fsp3) is 0.409. The number of carbonyl (C=O) groups is 1. The molecule has 1 amide bonds. The Bertz CT molecular complexity index is 1010. The topological polar surface area (TPSA) is 55.2 Å². The monoisotopic (exact) mass is 395 g/mol. The van der Waals surface area contributed by atoms with Crippen LogP contribution in [0.3, 0.4) is 0 Å². The zero-order valence-electron chi connectivity index (χ0n) is 16.1. The quantitative estimate of drug-likeness (QED) is 0.633. The van der Waals surface area contributed by atoms with Crippen molar-refractivity contribution in [3.05, 3.63) is 64.0 Å². The van der Waals surface area contributed by atoms with Gasteiger partial charge in [0.15, 0.2) is 0 Å². The van der Waals surface area contributed by atoms with E-state index in [-0.39, 0.29) is 17.5 Å². The third-order valence-electron chi connectivity index (χ3n) is 5.77. The van der Waals surface area contributed by atoms with E-state index in [2.05, 4.69) is 36.2 Å². The Morgan fingerprint density at radius 2 is 2.11 bits per heavy atom. The van der Waals surface area contributed by atoms with Crippen LogP contribution < -0.4 is 5.56 Å². The molecule has 0 spiro atoms. The third kappa shape index (κ3) is 3.61. The average Bonchev–Trinajstić information content (AvgIpc) is 3.39. The number of carbonyl (C=O) groups excluding carboxylic acids is 1. The molecule has 5 nitrogen and oxygen atoms in total. The second kappa shape index (κ2) is 8.27. The minimum Gasteiger partial charge on any atom is -0.339 e. The Labute approximate surface area is 168 Å². The lowest BCUT2D eigenvalue weighted by atomic mass is 9.87. The van der Waals surface area contributed by atoms with Crippen molar-refractivity contribution in [2.24, 2.45) is 0 Å². The van der Waals surface area contributed by atoms with Gasteiger partial charge in [0.25, 0.3) is 5.56 Å². The van der Waals surface area contributed by atoms with Crippen LogP contribution >= 0.6 is 11.3 Å². The largest absolute Gasteiger partial charge is 0.339 e. The highest BCUT2D eigenvalue weighted by molar-refractivity contribution is 7.16. The molecule has 1 fully saturated rings. The number of hydrogen-bond acceptors (Lipinski definition) is 4. The highest BCUT2D eigenvalue weighted by Gasteiger charge is 2.34. The molecule has 28 heavy (non-hydrogen) atoms. The molecule has 2 atom stereocenters. The normalized spacial score (nSPS) is 17.9. The van der Waals surface area contributed by atoms with Crippen LogP contribution in [0.1, 0.15) is 44.1 Å². The number of hydrogen-bond donors (Lipinski definition) is 0. The summed E-state index contributed by atoms with van der Waals surface area (Å²) in [4.78, 5) is 32.7. The van der Waals surface area contributed by atoms with Crippen LogP contribution in [-0.2, 0) is 11.3 Å². The van der Waals surface area contributed by atoms with Gasteiger partial charge in [0, 0.05) is 31.5 Å². The van der Waals surface area contributed by atoms with Crippen LogP contribution in [-0.4, -0.2) is 32.9 Å². The summed E-state index contributed by atoms with van der Waals surface area (Å²) in [7, 11) is 0. The Hall–Kier alpha value is -2.47. The third-order valence-corrected chi connectivity index (χ3v) is 6.59. The maximum Gasteiger partial charge on any atom is 0.262 e. The molecule has 6 heteroatoms. The van der Waals surface area contributed by atoms with Crippen molar-refractivity contribution >= 4 is 27.5 Å². The predicted molar refractivity (Wildman–Crippen MR) is 113 cm³/mol. The van der Waals surface area contributed by atoms with Crippen LogP contribution in [0, 0.1) is 0 Å². The van der Waals surface area contributed by atoms with Gasteiger partial charge in [-0.1, -0.05) is 37.3 Å². The van der Waals surface area contributed by atoms with Crippen LogP contribution in [0.15, 0.2) is 52.9 Å². The molecule has 1 aliphatic heterocycles. The number of nitrogens with zero attached hydrogens (tertiary/aromatic N) is 3. The van der Waals surface area contributed by atoms with Crippen molar-refractivity contribution in [2.75, 3.05) is 6.54 Å². The summed E-state index contributed by atoms with van der Waals surface area (Å²) in [6.45, 7) is 3.38. The van der Waals surface area contributed by atoms with E-state index in [4.69, 9.17) is 0 Å². The van der Waals surface area contributed by atoms with Crippen molar-refractivity contribution in [3.63, 3.8) is 0 Å². The molecule has 0 N–H and O–H groups in total. The van der Waals surface area contributed by atoms with Crippen LogP contribution in [0.4, 0.5) is 0 Å². The number of rotatable bonds is 6. The predicted octanol–water partition coefficient (Wildman–Crippen LogP) is 4.03. The summed E-state index contributed by atoms with van der Waals surface area (Å²) in [6, 6.07) is 12.5. The van der Waals surface area contributed by atoms with Gasteiger partial charge in [0.05, 0.1) is 11.7 Å². The standard InChI is InChI=1S/C22H25N3O2S/c1-2-17(16-7-4-3-5-8-16)19-9-6-12-25(19)20(26)10-13-24-15-23-21-18(22(24)27)11-14-28-21/h3-5,7-8,11,14-15,17,19H,2,6,9-10,12-13H2,1H3/t17-,19-/m0/s1. The van der Waals surface area contributed by atoms with Crippen molar-refractivity contribution in [2.45, 2.75) is 51.1 Å². The summed E-state index contributed by atoms with van der Waals surface area (Å²) in [5.41, 5.74) is 1.24. The van der Waals surface area contributed by atoms with E-state index in [0.29, 0.717) is 24.3 Å². The number of benzene rings is 1. The number of aromatic nitrogens is 2. The molecule has 3 aromatic rings. The first-order chi connectivity index (χ1) is 13.7. The van der Waals surface area contributed by atoms with Crippen LogP contribution in [0.25, 0.3) is 10.2 Å². The molecule has 1 aromatic carbocycles. The Morgan fingerprint density at radius 1 is 1.29 bits per heavy atom. The molecule has 1 saturated heterocycles. The number of fused-ring (bicyclic) bond motifs is 1. The fourth-order valence-electron chi connectivity index (χ4n) is 4.36. The van der Waals surface area contributed by atoms with Gasteiger partial charge in [-0.3, -0.25) is 14.2 Å². The molecule has 3 heterocycles. The SMILES string of the molecule is CC[C@@H](c1ccccc1)[C@@H]1CCCN1C(=O)CCn1cnc2sccc2c1=O. The maximum absolute atomic E-state index is 13.0.